The van der Waals surface area contributed by atoms with E-state index in [4.69, 9.17) is 0 Å². The summed E-state index contributed by atoms with van der Waals surface area (Å²) in [7, 11) is 0. The Kier molecular flexibility index (Phi) is 5.79. The number of hydrogen-bond donors (Lipinski definition) is 1. The zero-order valence-electron chi connectivity index (χ0n) is 19.5. The molecular formula is C28H34N2O. The van der Waals surface area contributed by atoms with Gasteiger partial charge in [-0.25, -0.2) is 0 Å². The summed E-state index contributed by atoms with van der Waals surface area (Å²) in [6.07, 6.45) is 6.19. The van der Waals surface area contributed by atoms with Crippen molar-refractivity contribution in [2.45, 2.75) is 60.3 Å². The van der Waals surface area contributed by atoms with Gasteiger partial charge in [0, 0.05) is 16.9 Å². The summed E-state index contributed by atoms with van der Waals surface area (Å²) in [6.45, 7) is 11.2. The second kappa shape index (κ2) is 8.37. The Morgan fingerprint density at radius 1 is 0.935 bits per heavy atom. The van der Waals surface area contributed by atoms with Crippen LogP contribution in [0.5, 0.6) is 0 Å². The minimum absolute atomic E-state index is 0.0413. The first-order valence-electron chi connectivity index (χ1n) is 11.5. The smallest absolute Gasteiger partial charge is 0.279 e. The largest absolute Gasteiger partial charge is 0.351 e. The van der Waals surface area contributed by atoms with Crippen LogP contribution < -0.4 is 10.2 Å². The van der Waals surface area contributed by atoms with E-state index in [2.05, 4.69) is 94.5 Å². The number of allylic oxidation sites excluding steroid dienone is 2. The Hall–Kier alpha value is -2.81. The van der Waals surface area contributed by atoms with Crippen LogP contribution in [0.1, 0.15) is 58.6 Å². The molecule has 2 aromatic carbocycles. The zero-order valence-corrected chi connectivity index (χ0v) is 19.5. The molecule has 1 unspecified atom stereocenters. The number of hydrogen-bond acceptors (Lipinski definition) is 2. The van der Waals surface area contributed by atoms with Crippen LogP contribution in [-0.2, 0) is 17.6 Å². The number of nitrogens with one attached hydrogen (secondary N) is 1. The average Bonchev–Trinajstić information content (AvgIpc) is 3.04. The number of anilines is 2. The molecule has 1 heterocycles. The van der Waals surface area contributed by atoms with Gasteiger partial charge < -0.3 is 5.32 Å². The van der Waals surface area contributed by atoms with Crippen molar-refractivity contribution in [2.24, 2.45) is 11.3 Å². The Balaban J connectivity index is 1.73. The Labute approximate surface area is 186 Å². The lowest BCUT2D eigenvalue weighted by atomic mass is 9.72. The van der Waals surface area contributed by atoms with Crippen LogP contribution in [0, 0.1) is 11.3 Å². The van der Waals surface area contributed by atoms with E-state index in [9.17, 15) is 4.79 Å². The first kappa shape index (κ1) is 21.4. The normalized spacial score (nSPS) is 18.9. The molecule has 1 N–H and O–H groups in total. The number of carbonyl (C=O) groups excluding carboxylic acids is 1. The quantitative estimate of drug-likeness (QED) is 0.579. The van der Waals surface area contributed by atoms with E-state index in [-0.39, 0.29) is 11.3 Å². The molecule has 0 spiro atoms. The maximum atomic E-state index is 13.7. The molecule has 1 aliphatic carbocycles. The zero-order chi connectivity index (χ0) is 22.2. The van der Waals surface area contributed by atoms with Gasteiger partial charge in [-0.05, 0) is 72.4 Å². The van der Waals surface area contributed by atoms with Crippen LogP contribution in [0.3, 0.4) is 0 Å². The number of benzene rings is 2. The molecule has 0 saturated heterocycles. The lowest BCUT2D eigenvalue weighted by Crippen LogP contribution is -2.29. The van der Waals surface area contributed by atoms with Crippen molar-refractivity contribution in [3.05, 3.63) is 82.7 Å². The van der Waals surface area contributed by atoms with Gasteiger partial charge in [0.1, 0.15) is 5.70 Å². The van der Waals surface area contributed by atoms with Gasteiger partial charge in [0.25, 0.3) is 5.91 Å². The molecule has 0 bridgehead atoms. The molecule has 4 rings (SSSR count). The Morgan fingerprint density at radius 2 is 1.52 bits per heavy atom. The fourth-order valence-electron chi connectivity index (χ4n) is 4.51. The number of amides is 1. The van der Waals surface area contributed by atoms with Crippen LogP contribution in [0.25, 0.3) is 0 Å². The van der Waals surface area contributed by atoms with Crippen molar-refractivity contribution in [1.82, 2.24) is 0 Å². The molecule has 162 valence electrons. The minimum Gasteiger partial charge on any atom is -0.351 e. The standard InChI is InChI=1S/C28H34N2O/c1-6-19-8-13-22(14-9-19)29-26-24-18-21(28(3,4)5)12-17-25(24)30(27(26)31)23-15-10-20(7-2)11-16-23/h8-11,13-17,21,29H,6-7,12,18H2,1-5H3. The molecule has 2 aromatic rings. The predicted molar refractivity (Wildman–Crippen MR) is 130 cm³/mol. The van der Waals surface area contributed by atoms with Crippen LogP contribution in [-0.4, -0.2) is 5.91 Å². The highest BCUT2D eigenvalue weighted by atomic mass is 16.2. The summed E-state index contributed by atoms with van der Waals surface area (Å²) in [5.74, 6) is 0.556. The van der Waals surface area contributed by atoms with Gasteiger partial charge in [-0.15, -0.1) is 0 Å². The molecule has 0 aromatic heterocycles. The van der Waals surface area contributed by atoms with Gasteiger partial charge in [0.05, 0.1) is 5.70 Å². The third kappa shape index (κ3) is 4.19. The molecule has 1 amide bonds. The highest BCUT2D eigenvalue weighted by molar-refractivity contribution is 6.15. The average molecular weight is 415 g/mol. The van der Waals surface area contributed by atoms with Gasteiger partial charge in [-0.3, -0.25) is 9.69 Å². The molecule has 3 nitrogen and oxygen atoms in total. The van der Waals surface area contributed by atoms with Gasteiger partial charge in [0.2, 0.25) is 0 Å². The topological polar surface area (TPSA) is 32.3 Å². The molecule has 2 aliphatic rings. The number of rotatable bonds is 5. The SMILES string of the molecule is CCc1ccc(NC2=C3CC(C(C)(C)C)CC=C3N(c3ccc(CC)cc3)C2=O)cc1. The van der Waals surface area contributed by atoms with Gasteiger partial charge in [-0.1, -0.05) is 65.0 Å². The minimum atomic E-state index is 0.0413. The third-order valence-electron chi connectivity index (χ3n) is 6.77. The van der Waals surface area contributed by atoms with E-state index in [0.717, 1.165) is 54.0 Å². The Bertz CT molecular complexity index is 1020. The van der Waals surface area contributed by atoms with Crippen LogP contribution in [0.15, 0.2) is 71.6 Å². The second-order valence-electron chi connectivity index (χ2n) is 9.78. The first-order valence-corrected chi connectivity index (χ1v) is 11.5. The van der Waals surface area contributed by atoms with Gasteiger partial charge in [-0.2, -0.15) is 0 Å². The predicted octanol–water partition coefficient (Wildman–Crippen LogP) is 6.86. The molecule has 0 fully saturated rings. The lowest BCUT2D eigenvalue weighted by molar-refractivity contribution is -0.114. The molecule has 3 heteroatoms. The van der Waals surface area contributed by atoms with Gasteiger partial charge in [0.15, 0.2) is 0 Å². The van der Waals surface area contributed by atoms with Crippen LogP contribution in [0.2, 0.25) is 0 Å². The van der Waals surface area contributed by atoms with E-state index >= 15 is 0 Å². The van der Waals surface area contributed by atoms with Crippen molar-refractivity contribution < 1.29 is 4.79 Å². The maximum absolute atomic E-state index is 13.7. The van der Waals surface area contributed by atoms with Gasteiger partial charge >= 0.3 is 0 Å². The lowest BCUT2D eigenvalue weighted by Gasteiger charge is -2.34. The molecule has 31 heavy (non-hydrogen) atoms. The second-order valence-corrected chi connectivity index (χ2v) is 9.78. The van der Waals surface area contributed by atoms with Crippen molar-refractivity contribution >= 4 is 17.3 Å². The fourth-order valence-corrected chi connectivity index (χ4v) is 4.51. The highest BCUT2D eigenvalue weighted by Crippen LogP contribution is 2.46. The van der Waals surface area contributed by atoms with Crippen molar-refractivity contribution in [2.75, 3.05) is 10.2 Å². The summed E-state index contributed by atoms with van der Waals surface area (Å²) in [5.41, 5.74) is 7.61. The summed E-state index contributed by atoms with van der Waals surface area (Å²) in [4.78, 5) is 15.6. The maximum Gasteiger partial charge on any atom is 0.279 e. The summed E-state index contributed by atoms with van der Waals surface area (Å²) in [6, 6.07) is 16.8. The number of fused-ring (bicyclic) bond motifs is 1. The number of aryl methyl sites for hydroxylation is 2. The number of carbonyl (C=O) groups is 1. The molecule has 1 aliphatic heterocycles. The third-order valence-corrected chi connectivity index (χ3v) is 6.77. The molecule has 0 saturated carbocycles. The Morgan fingerprint density at radius 3 is 2.06 bits per heavy atom. The molecule has 1 atom stereocenters. The molecule has 0 radical (unpaired) electrons. The first-order chi connectivity index (χ1) is 14.8. The van der Waals surface area contributed by atoms with Crippen molar-refractivity contribution in [1.29, 1.82) is 0 Å². The summed E-state index contributed by atoms with van der Waals surface area (Å²) in [5, 5.41) is 3.48. The number of nitrogens with zero attached hydrogens (tertiary/aromatic N) is 1. The van der Waals surface area contributed by atoms with Crippen molar-refractivity contribution in [3.8, 4) is 0 Å². The highest BCUT2D eigenvalue weighted by Gasteiger charge is 2.41. The van der Waals surface area contributed by atoms with E-state index in [0.29, 0.717) is 5.92 Å². The van der Waals surface area contributed by atoms with Crippen LogP contribution in [0.4, 0.5) is 11.4 Å². The van der Waals surface area contributed by atoms with E-state index in [1.807, 2.05) is 4.90 Å². The van der Waals surface area contributed by atoms with E-state index < -0.39 is 0 Å². The van der Waals surface area contributed by atoms with E-state index in [1.165, 1.54) is 11.1 Å². The molecular weight excluding hydrogens is 380 g/mol. The summed E-state index contributed by atoms with van der Waals surface area (Å²) < 4.78 is 0. The fraction of sp³-hybridized carbons (Fsp3) is 0.393. The van der Waals surface area contributed by atoms with Crippen molar-refractivity contribution in [3.63, 3.8) is 0 Å². The summed E-state index contributed by atoms with van der Waals surface area (Å²) >= 11 is 0. The van der Waals surface area contributed by atoms with Crippen LogP contribution >= 0.6 is 0 Å². The van der Waals surface area contributed by atoms with E-state index in [1.54, 1.807) is 0 Å². The monoisotopic (exact) mass is 414 g/mol.